The molecule has 0 aromatic heterocycles. The van der Waals surface area contributed by atoms with E-state index in [-0.39, 0.29) is 40.1 Å². The van der Waals surface area contributed by atoms with Crippen molar-refractivity contribution >= 4 is 5.69 Å². The molecule has 1 heterocycles. The molecule has 1 saturated heterocycles. The molecule has 0 atom stereocenters. The van der Waals surface area contributed by atoms with Crippen LogP contribution in [-0.4, -0.2) is 13.1 Å². The van der Waals surface area contributed by atoms with Gasteiger partial charge in [0, 0.05) is 38.4 Å². The zero-order chi connectivity index (χ0) is 9.10. The molecule has 0 saturated carbocycles. The number of benzene rings is 1. The Balaban J connectivity index is 0.000000980. The largest absolute Gasteiger partial charge is 0.376 e. The molecule has 1 radical (unpaired) electrons. The average Bonchev–Trinajstić information content (AvgIpc) is 2.20. The van der Waals surface area contributed by atoms with E-state index < -0.39 is 0 Å². The van der Waals surface area contributed by atoms with Gasteiger partial charge in [-0.3, -0.25) is 0 Å². The number of para-hydroxylation sites is 1. The van der Waals surface area contributed by atoms with Gasteiger partial charge in [0.15, 0.2) is 0 Å². The van der Waals surface area contributed by atoms with Gasteiger partial charge in [0.1, 0.15) is 0 Å². The third-order valence-electron chi connectivity index (χ3n) is 2.66. The number of anilines is 1. The molecule has 0 aliphatic carbocycles. The van der Waals surface area contributed by atoms with Crippen molar-refractivity contribution in [2.75, 3.05) is 18.0 Å². The standard InChI is InChI=1S/C12H16N.CH3.Y/c1-11-7-3-4-8-12(11)13-9-5-2-6-10-13;;/h2-4,7-8H,5-6,9-10H2,1H3;1H3;/q2*-1;. The SMILES string of the molecule is Cc1ccccc1N1CC[CH-]CC1.[CH3-].[Y]. The first-order valence-corrected chi connectivity index (χ1v) is 5.00. The Bertz CT molecular complexity index is 280. The molecule has 0 spiro atoms. The molecule has 0 amide bonds. The maximum absolute atomic E-state index is 2.48. The van der Waals surface area contributed by atoms with Crippen LogP contribution in [0, 0.1) is 20.8 Å². The summed E-state index contributed by atoms with van der Waals surface area (Å²) in [5, 5.41) is 0. The van der Waals surface area contributed by atoms with E-state index in [9.17, 15) is 0 Å². The average molecular weight is 278 g/mol. The van der Waals surface area contributed by atoms with E-state index in [2.05, 4.69) is 42.5 Å². The van der Waals surface area contributed by atoms with Crippen LogP contribution in [0.4, 0.5) is 5.69 Å². The van der Waals surface area contributed by atoms with Gasteiger partial charge in [-0.2, -0.15) is 12.8 Å². The third kappa shape index (κ3) is 3.88. The molecule has 1 aliphatic rings. The Morgan fingerprint density at radius 2 is 1.73 bits per heavy atom. The molecule has 1 aromatic carbocycles. The predicted octanol–water partition coefficient (Wildman–Crippen LogP) is 3.25. The molecule has 0 unspecified atom stereocenters. The van der Waals surface area contributed by atoms with Crippen LogP contribution in [0.15, 0.2) is 24.3 Å². The Morgan fingerprint density at radius 1 is 1.13 bits per heavy atom. The topological polar surface area (TPSA) is 3.24 Å². The molecule has 1 nitrogen and oxygen atoms in total. The van der Waals surface area contributed by atoms with Gasteiger partial charge in [-0.1, -0.05) is 18.2 Å². The Morgan fingerprint density at radius 3 is 2.33 bits per heavy atom. The molecule has 1 fully saturated rings. The summed E-state index contributed by atoms with van der Waals surface area (Å²) in [4.78, 5) is 2.48. The maximum atomic E-state index is 2.48. The van der Waals surface area contributed by atoms with Crippen LogP contribution in [-0.2, 0) is 32.7 Å². The van der Waals surface area contributed by atoms with Crippen LogP contribution in [0.3, 0.4) is 0 Å². The fraction of sp³-hybridized carbons (Fsp3) is 0.385. The molecular formula is C13H19NY-2. The minimum Gasteiger partial charge on any atom is -0.376 e. The van der Waals surface area contributed by atoms with Gasteiger partial charge in [-0.25, -0.2) is 0 Å². The molecule has 2 rings (SSSR count). The van der Waals surface area contributed by atoms with E-state index in [0.717, 1.165) is 0 Å². The zero-order valence-electron chi connectivity index (χ0n) is 9.74. The summed E-state index contributed by atoms with van der Waals surface area (Å²) in [6.07, 6.45) is 4.84. The monoisotopic (exact) mass is 278 g/mol. The summed E-state index contributed by atoms with van der Waals surface area (Å²) < 4.78 is 0. The summed E-state index contributed by atoms with van der Waals surface area (Å²) >= 11 is 0. The van der Waals surface area contributed by atoms with Crippen LogP contribution in [0.25, 0.3) is 0 Å². The third-order valence-corrected chi connectivity index (χ3v) is 2.66. The normalized spacial score (nSPS) is 15.1. The molecule has 1 aromatic rings. The quantitative estimate of drug-likeness (QED) is 0.713. The van der Waals surface area contributed by atoms with Gasteiger partial charge >= 0.3 is 0 Å². The molecular weight excluding hydrogens is 259 g/mol. The number of aryl methyl sites for hydroxylation is 1. The van der Waals surface area contributed by atoms with Crippen LogP contribution >= 0.6 is 0 Å². The zero-order valence-corrected chi connectivity index (χ0v) is 12.6. The van der Waals surface area contributed by atoms with Gasteiger partial charge in [0.05, 0.1) is 0 Å². The van der Waals surface area contributed by atoms with Gasteiger partial charge in [-0.15, -0.1) is 0 Å². The first-order chi connectivity index (χ1) is 6.38. The fourth-order valence-corrected chi connectivity index (χ4v) is 1.91. The number of nitrogens with zero attached hydrogens (tertiary/aromatic N) is 1. The number of hydrogen-bond acceptors (Lipinski definition) is 1. The van der Waals surface area contributed by atoms with Gasteiger partial charge in [0.25, 0.3) is 0 Å². The predicted molar refractivity (Wildman–Crippen MR) is 63.3 cm³/mol. The van der Waals surface area contributed by atoms with E-state index in [1.54, 1.807) is 0 Å². The Hall–Kier alpha value is 0.124. The number of rotatable bonds is 1. The molecule has 81 valence electrons. The van der Waals surface area contributed by atoms with Crippen LogP contribution in [0.5, 0.6) is 0 Å². The Labute approximate surface area is 119 Å². The van der Waals surface area contributed by atoms with Crippen molar-refractivity contribution in [3.05, 3.63) is 43.7 Å². The van der Waals surface area contributed by atoms with E-state index in [4.69, 9.17) is 0 Å². The second-order valence-corrected chi connectivity index (χ2v) is 3.64. The van der Waals surface area contributed by atoms with E-state index in [0.29, 0.717) is 0 Å². The first-order valence-electron chi connectivity index (χ1n) is 5.00. The van der Waals surface area contributed by atoms with E-state index in [1.807, 2.05) is 0 Å². The molecule has 15 heavy (non-hydrogen) atoms. The molecule has 0 N–H and O–H groups in total. The van der Waals surface area contributed by atoms with Crippen molar-refractivity contribution < 1.29 is 32.7 Å². The van der Waals surface area contributed by atoms with E-state index in [1.165, 1.54) is 37.2 Å². The summed E-state index contributed by atoms with van der Waals surface area (Å²) in [7, 11) is 0. The molecule has 0 bridgehead atoms. The fourth-order valence-electron chi connectivity index (χ4n) is 1.91. The van der Waals surface area contributed by atoms with Crippen LogP contribution in [0.2, 0.25) is 0 Å². The first kappa shape index (κ1) is 15.1. The summed E-state index contributed by atoms with van der Waals surface area (Å²) in [6.45, 7) is 4.56. The number of hydrogen-bond donors (Lipinski definition) is 0. The maximum Gasteiger partial charge on any atom is 0.0394 e. The van der Waals surface area contributed by atoms with Crippen molar-refractivity contribution in [1.29, 1.82) is 0 Å². The minimum absolute atomic E-state index is 0. The van der Waals surface area contributed by atoms with Crippen molar-refractivity contribution in [2.24, 2.45) is 0 Å². The van der Waals surface area contributed by atoms with Gasteiger partial charge < -0.3 is 18.7 Å². The minimum atomic E-state index is 0. The summed E-state index contributed by atoms with van der Waals surface area (Å²) in [5.41, 5.74) is 2.81. The molecule has 2 heteroatoms. The van der Waals surface area contributed by atoms with Crippen molar-refractivity contribution in [1.82, 2.24) is 0 Å². The van der Waals surface area contributed by atoms with Crippen LogP contribution in [0.1, 0.15) is 18.4 Å². The van der Waals surface area contributed by atoms with Gasteiger partial charge in [0.2, 0.25) is 0 Å². The second kappa shape index (κ2) is 7.41. The number of piperidine rings is 1. The van der Waals surface area contributed by atoms with Crippen molar-refractivity contribution in [3.63, 3.8) is 0 Å². The second-order valence-electron chi connectivity index (χ2n) is 3.64. The smallest absolute Gasteiger partial charge is 0.0394 e. The Kier molecular flexibility index (Phi) is 7.47. The van der Waals surface area contributed by atoms with E-state index >= 15 is 0 Å². The summed E-state index contributed by atoms with van der Waals surface area (Å²) in [6, 6.07) is 8.64. The summed E-state index contributed by atoms with van der Waals surface area (Å²) in [5.74, 6) is 0. The van der Waals surface area contributed by atoms with Crippen molar-refractivity contribution in [2.45, 2.75) is 19.8 Å². The van der Waals surface area contributed by atoms with Gasteiger partial charge in [-0.05, 0) is 31.6 Å². The van der Waals surface area contributed by atoms with Crippen molar-refractivity contribution in [3.8, 4) is 0 Å². The van der Waals surface area contributed by atoms with Crippen LogP contribution < -0.4 is 4.90 Å². The molecule has 1 aliphatic heterocycles.